The molecule has 2 atom stereocenters. The van der Waals surface area contributed by atoms with Crippen molar-refractivity contribution in [2.24, 2.45) is 5.92 Å². The minimum atomic E-state index is -3.03. The molecule has 1 N–H and O–H groups in total. The average molecular weight is 330 g/mol. The number of ether oxygens (including phenoxy) is 2. The van der Waals surface area contributed by atoms with Gasteiger partial charge >= 0.3 is 5.97 Å². The monoisotopic (exact) mass is 330 g/mol. The molecule has 1 aromatic carbocycles. The lowest BCUT2D eigenvalue weighted by atomic mass is 9.78. The maximum Gasteiger partial charge on any atom is 0.318 e. The zero-order valence-corrected chi connectivity index (χ0v) is 13.7. The first kappa shape index (κ1) is 19.4. The summed E-state index contributed by atoms with van der Waals surface area (Å²) in [5, 5.41) is 10.9. The Morgan fingerprint density at radius 3 is 2.22 bits per heavy atom. The van der Waals surface area contributed by atoms with E-state index in [9.17, 15) is 18.7 Å². The van der Waals surface area contributed by atoms with Crippen LogP contribution in [0.1, 0.15) is 39.2 Å². The Labute approximate surface area is 135 Å². The Hall–Kier alpha value is -1.69. The number of rotatable bonds is 9. The number of aliphatic hydroxyl groups is 1. The van der Waals surface area contributed by atoms with Crippen LogP contribution in [0.4, 0.5) is 8.78 Å². The molecule has 0 saturated carbocycles. The van der Waals surface area contributed by atoms with Crippen LogP contribution in [0.15, 0.2) is 24.3 Å². The second-order valence-corrected chi connectivity index (χ2v) is 5.20. The molecule has 0 radical (unpaired) electrons. The zero-order chi connectivity index (χ0) is 17.5. The number of benzene rings is 1. The largest absolute Gasteiger partial charge is 0.494 e. The van der Waals surface area contributed by atoms with Gasteiger partial charge < -0.3 is 14.6 Å². The molecule has 1 aromatic rings. The van der Waals surface area contributed by atoms with Gasteiger partial charge in [0, 0.05) is 0 Å². The normalized spacial score (nSPS) is 15.1. The molecular formula is C17H24F2O4. The van der Waals surface area contributed by atoms with Crippen LogP contribution in [-0.4, -0.2) is 30.7 Å². The van der Waals surface area contributed by atoms with Gasteiger partial charge in [-0.25, -0.2) is 8.78 Å². The number of esters is 1. The molecular weight excluding hydrogens is 306 g/mol. The molecule has 0 aliphatic rings. The van der Waals surface area contributed by atoms with Gasteiger partial charge in [-0.3, -0.25) is 4.79 Å². The van der Waals surface area contributed by atoms with Gasteiger partial charge in [0.2, 0.25) is 0 Å². The molecule has 0 heterocycles. The molecule has 0 fully saturated rings. The second-order valence-electron chi connectivity index (χ2n) is 5.20. The fourth-order valence-electron chi connectivity index (χ4n) is 2.61. The predicted octanol–water partition coefficient (Wildman–Crippen LogP) is 3.52. The molecule has 0 bridgehead atoms. The average Bonchev–Trinajstić information content (AvgIpc) is 2.48. The highest BCUT2D eigenvalue weighted by atomic mass is 19.3. The molecule has 2 unspecified atom stereocenters. The minimum Gasteiger partial charge on any atom is -0.494 e. The highest BCUT2D eigenvalue weighted by Gasteiger charge is 2.48. The van der Waals surface area contributed by atoms with Crippen molar-refractivity contribution in [3.8, 4) is 5.75 Å². The summed E-state index contributed by atoms with van der Waals surface area (Å²) in [5.41, 5.74) is -1.74. The van der Waals surface area contributed by atoms with Crippen molar-refractivity contribution in [2.45, 2.75) is 45.6 Å². The molecule has 6 heteroatoms. The number of carbonyl (C=O) groups is 1. The Morgan fingerprint density at radius 2 is 1.78 bits per heavy atom. The third-order valence-corrected chi connectivity index (χ3v) is 3.60. The van der Waals surface area contributed by atoms with Crippen molar-refractivity contribution < 1.29 is 28.2 Å². The Bertz CT molecular complexity index is 490. The molecule has 0 aliphatic heterocycles. The first-order valence-electron chi connectivity index (χ1n) is 7.81. The lowest BCUT2D eigenvalue weighted by Gasteiger charge is -2.34. The van der Waals surface area contributed by atoms with Crippen LogP contribution in [0.25, 0.3) is 0 Å². The molecule has 23 heavy (non-hydrogen) atoms. The highest BCUT2D eigenvalue weighted by Crippen LogP contribution is 2.39. The number of hydrogen-bond donors (Lipinski definition) is 1. The number of hydrogen-bond acceptors (Lipinski definition) is 4. The quantitative estimate of drug-likeness (QED) is 0.704. The van der Waals surface area contributed by atoms with Crippen molar-refractivity contribution in [2.75, 3.05) is 13.2 Å². The molecule has 0 amide bonds. The van der Waals surface area contributed by atoms with E-state index in [1.165, 1.54) is 19.1 Å². The van der Waals surface area contributed by atoms with E-state index in [0.717, 1.165) is 0 Å². The van der Waals surface area contributed by atoms with E-state index in [4.69, 9.17) is 9.47 Å². The third kappa shape index (κ3) is 4.64. The van der Waals surface area contributed by atoms with Gasteiger partial charge in [0.25, 0.3) is 6.43 Å². The highest BCUT2D eigenvalue weighted by molar-refractivity contribution is 5.75. The van der Waals surface area contributed by atoms with E-state index < -0.39 is 23.9 Å². The van der Waals surface area contributed by atoms with Crippen molar-refractivity contribution >= 4 is 5.97 Å². The van der Waals surface area contributed by atoms with Gasteiger partial charge in [-0.05, 0) is 38.0 Å². The summed E-state index contributed by atoms with van der Waals surface area (Å²) >= 11 is 0. The molecule has 0 spiro atoms. The van der Waals surface area contributed by atoms with Crippen LogP contribution in [0.2, 0.25) is 0 Å². The van der Waals surface area contributed by atoms with Gasteiger partial charge in [-0.1, -0.05) is 25.5 Å². The van der Waals surface area contributed by atoms with Crippen LogP contribution in [0.3, 0.4) is 0 Å². The van der Waals surface area contributed by atoms with E-state index in [1.54, 1.807) is 19.1 Å². The molecule has 130 valence electrons. The summed E-state index contributed by atoms with van der Waals surface area (Å²) in [7, 11) is 0. The summed E-state index contributed by atoms with van der Waals surface area (Å²) in [6.45, 7) is 5.58. The maximum absolute atomic E-state index is 13.5. The number of alkyl halides is 2. The summed E-state index contributed by atoms with van der Waals surface area (Å²) in [6, 6.07) is 6.20. The van der Waals surface area contributed by atoms with E-state index in [-0.39, 0.29) is 18.6 Å². The van der Waals surface area contributed by atoms with Crippen LogP contribution < -0.4 is 4.74 Å². The first-order chi connectivity index (χ1) is 10.9. The van der Waals surface area contributed by atoms with Gasteiger partial charge in [-0.15, -0.1) is 0 Å². The van der Waals surface area contributed by atoms with Crippen LogP contribution in [0.5, 0.6) is 5.75 Å². The Balaban J connectivity index is 3.23. The molecule has 1 rings (SSSR count). The van der Waals surface area contributed by atoms with E-state index in [0.29, 0.717) is 18.8 Å². The summed E-state index contributed by atoms with van der Waals surface area (Å²) < 4.78 is 37.0. The molecule has 0 aromatic heterocycles. The van der Waals surface area contributed by atoms with Gasteiger partial charge in [0.05, 0.1) is 13.2 Å². The third-order valence-electron chi connectivity index (χ3n) is 3.60. The van der Waals surface area contributed by atoms with Gasteiger partial charge in [0.15, 0.2) is 5.92 Å². The SMILES string of the molecule is CCCC(O)(c1ccc(OCC)cc1)C(C(=O)OCC)C(F)F. The van der Waals surface area contributed by atoms with Crippen molar-refractivity contribution in [1.29, 1.82) is 0 Å². The first-order valence-corrected chi connectivity index (χ1v) is 7.81. The van der Waals surface area contributed by atoms with Crippen molar-refractivity contribution in [1.82, 2.24) is 0 Å². The Kier molecular flexibility index (Phi) is 7.42. The van der Waals surface area contributed by atoms with Crippen molar-refractivity contribution in [3.05, 3.63) is 29.8 Å². The minimum absolute atomic E-state index is 0.0203. The van der Waals surface area contributed by atoms with Gasteiger partial charge in [-0.2, -0.15) is 0 Å². The fourth-order valence-corrected chi connectivity index (χ4v) is 2.61. The number of carbonyl (C=O) groups excluding carboxylic acids is 1. The van der Waals surface area contributed by atoms with E-state index in [2.05, 4.69) is 0 Å². The lowest BCUT2D eigenvalue weighted by Crippen LogP contribution is -2.45. The zero-order valence-electron chi connectivity index (χ0n) is 13.7. The fraction of sp³-hybridized carbons (Fsp3) is 0.588. The predicted molar refractivity (Wildman–Crippen MR) is 82.5 cm³/mol. The lowest BCUT2D eigenvalue weighted by molar-refractivity contribution is -0.173. The van der Waals surface area contributed by atoms with E-state index in [1.807, 2.05) is 6.92 Å². The standard InChI is InChI=1S/C17H24F2O4/c1-4-11-17(21,14(15(18)19)16(20)23-6-3)12-7-9-13(10-8-12)22-5-2/h7-10,14-15,21H,4-6,11H2,1-3H3. The van der Waals surface area contributed by atoms with Gasteiger partial charge in [0.1, 0.15) is 11.4 Å². The van der Waals surface area contributed by atoms with Crippen LogP contribution >= 0.6 is 0 Å². The smallest absolute Gasteiger partial charge is 0.318 e. The summed E-state index contributed by atoms with van der Waals surface area (Å²) in [6.07, 6.45) is -2.57. The Morgan fingerprint density at radius 1 is 1.17 bits per heavy atom. The summed E-state index contributed by atoms with van der Waals surface area (Å²) in [4.78, 5) is 12.0. The molecule has 0 saturated heterocycles. The maximum atomic E-state index is 13.5. The molecule has 4 nitrogen and oxygen atoms in total. The number of halogens is 2. The van der Waals surface area contributed by atoms with E-state index >= 15 is 0 Å². The van der Waals surface area contributed by atoms with Crippen molar-refractivity contribution in [3.63, 3.8) is 0 Å². The summed E-state index contributed by atoms with van der Waals surface area (Å²) in [5.74, 6) is -2.45. The topological polar surface area (TPSA) is 55.8 Å². The molecule has 0 aliphatic carbocycles. The van der Waals surface area contributed by atoms with Crippen LogP contribution in [0, 0.1) is 5.92 Å². The van der Waals surface area contributed by atoms with Crippen LogP contribution in [-0.2, 0) is 15.1 Å². The second kappa shape index (κ2) is 8.82.